The number of phenolic OH excluding ortho intramolecular Hbond substituents is 2. The summed E-state index contributed by atoms with van der Waals surface area (Å²) in [6.07, 6.45) is 1.67. The van der Waals surface area contributed by atoms with Crippen molar-refractivity contribution in [1.82, 2.24) is 4.98 Å². The molecule has 1 atom stereocenters. The SMILES string of the molecule is COc1ccc(-c2cc(=O)c3c(O)cc4c(c3o2)C(c2cccc(OCc3ccccn3)c2)CC(=O)O4)cc1O. The fraction of sp³-hybridized carbons (Fsp3) is 0.129. The standard InChI is InChI=1S/C31H23NO8/c1-37-25-9-8-18(12-22(25)33)26-14-23(34)30-24(35)15-27-29(31(30)40-26)21(13-28(36)39-27)17-5-4-7-20(11-17)38-16-19-6-2-3-10-32-19/h2-12,14-15,21,33,35H,13,16H2,1H3. The predicted octanol–water partition coefficient (Wildman–Crippen LogP) is 5.29. The maximum absolute atomic E-state index is 13.2. The first-order valence-electron chi connectivity index (χ1n) is 12.5. The molecule has 200 valence electrons. The van der Waals surface area contributed by atoms with Gasteiger partial charge in [-0.3, -0.25) is 14.6 Å². The van der Waals surface area contributed by atoms with Crippen LogP contribution >= 0.6 is 0 Å². The van der Waals surface area contributed by atoms with Crippen LogP contribution in [0.2, 0.25) is 0 Å². The number of benzene rings is 3. The molecule has 0 amide bonds. The van der Waals surface area contributed by atoms with Crippen molar-refractivity contribution in [3.8, 4) is 40.1 Å². The molecule has 6 rings (SSSR count). The second-order valence-electron chi connectivity index (χ2n) is 9.29. The molecular formula is C31H23NO8. The van der Waals surface area contributed by atoms with E-state index in [0.29, 0.717) is 16.9 Å². The van der Waals surface area contributed by atoms with Crippen LogP contribution in [0.5, 0.6) is 28.7 Å². The fourth-order valence-electron chi connectivity index (χ4n) is 4.89. The van der Waals surface area contributed by atoms with Crippen molar-refractivity contribution < 1.29 is 33.6 Å². The lowest BCUT2D eigenvalue weighted by Gasteiger charge is -2.26. The van der Waals surface area contributed by atoms with Crippen molar-refractivity contribution >= 4 is 16.9 Å². The smallest absolute Gasteiger partial charge is 0.312 e. The molecule has 0 radical (unpaired) electrons. The first-order valence-corrected chi connectivity index (χ1v) is 12.5. The molecule has 1 unspecified atom stereocenters. The van der Waals surface area contributed by atoms with Crippen LogP contribution < -0.4 is 19.6 Å². The predicted molar refractivity (Wildman–Crippen MR) is 145 cm³/mol. The molecule has 3 aromatic carbocycles. The van der Waals surface area contributed by atoms with Crippen LogP contribution in [0.1, 0.15) is 29.2 Å². The Labute approximate surface area is 227 Å². The number of aromatic hydroxyl groups is 2. The summed E-state index contributed by atoms with van der Waals surface area (Å²) in [7, 11) is 1.43. The zero-order valence-electron chi connectivity index (χ0n) is 21.3. The minimum absolute atomic E-state index is 0.0200. The number of hydrogen-bond acceptors (Lipinski definition) is 9. The number of carbonyl (C=O) groups is 1. The van der Waals surface area contributed by atoms with Crippen molar-refractivity contribution in [1.29, 1.82) is 0 Å². The number of fused-ring (bicyclic) bond motifs is 3. The van der Waals surface area contributed by atoms with E-state index in [9.17, 15) is 19.8 Å². The number of phenols is 2. The van der Waals surface area contributed by atoms with Crippen LogP contribution in [0.25, 0.3) is 22.3 Å². The summed E-state index contributed by atoms with van der Waals surface area (Å²) in [4.78, 5) is 30.1. The number of esters is 1. The molecule has 40 heavy (non-hydrogen) atoms. The highest BCUT2D eigenvalue weighted by molar-refractivity contribution is 5.93. The Morgan fingerprint density at radius 3 is 2.62 bits per heavy atom. The van der Waals surface area contributed by atoms with E-state index in [1.165, 1.54) is 25.3 Å². The Balaban J connectivity index is 1.47. The maximum atomic E-state index is 13.2. The van der Waals surface area contributed by atoms with E-state index in [2.05, 4.69) is 4.98 Å². The Kier molecular flexibility index (Phi) is 6.31. The highest BCUT2D eigenvalue weighted by atomic mass is 16.5. The molecule has 1 aliphatic rings. The number of pyridine rings is 1. The summed E-state index contributed by atoms with van der Waals surface area (Å²) in [5.74, 6) is -0.450. The number of nitrogens with zero attached hydrogens (tertiary/aromatic N) is 1. The zero-order valence-corrected chi connectivity index (χ0v) is 21.3. The minimum atomic E-state index is -0.555. The molecule has 1 aliphatic heterocycles. The van der Waals surface area contributed by atoms with Crippen LogP contribution in [-0.2, 0) is 11.4 Å². The molecule has 9 heteroatoms. The molecule has 3 heterocycles. The van der Waals surface area contributed by atoms with E-state index < -0.39 is 17.3 Å². The number of ether oxygens (including phenoxy) is 3. The highest BCUT2D eigenvalue weighted by Crippen LogP contribution is 2.46. The summed E-state index contributed by atoms with van der Waals surface area (Å²) in [5.41, 5.74) is 1.97. The molecule has 0 aliphatic carbocycles. The summed E-state index contributed by atoms with van der Waals surface area (Å²) in [6.45, 7) is 0.261. The molecule has 5 aromatic rings. The molecule has 0 saturated heterocycles. The third-order valence-corrected chi connectivity index (χ3v) is 6.76. The molecule has 0 saturated carbocycles. The first-order chi connectivity index (χ1) is 19.4. The van der Waals surface area contributed by atoms with Gasteiger partial charge in [0.25, 0.3) is 0 Å². The van der Waals surface area contributed by atoms with E-state index in [-0.39, 0.29) is 52.8 Å². The molecule has 0 fully saturated rings. The highest BCUT2D eigenvalue weighted by Gasteiger charge is 2.34. The van der Waals surface area contributed by atoms with E-state index in [1.807, 2.05) is 36.4 Å². The third-order valence-electron chi connectivity index (χ3n) is 6.76. The van der Waals surface area contributed by atoms with Gasteiger partial charge in [-0.2, -0.15) is 0 Å². The average molecular weight is 538 g/mol. The van der Waals surface area contributed by atoms with Gasteiger partial charge < -0.3 is 28.8 Å². The van der Waals surface area contributed by atoms with E-state index in [4.69, 9.17) is 18.6 Å². The van der Waals surface area contributed by atoms with Gasteiger partial charge in [0, 0.05) is 35.4 Å². The Morgan fingerprint density at radius 1 is 0.975 bits per heavy atom. The van der Waals surface area contributed by atoms with Gasteiger partial charge in [-0.1, -0.05) is 18.2 Å². The molecule has 2 aromatic heterocycles. The zero-order chi connectivity index (χ0) is 27.8. The topological polar surface area (TPSA) is 128 Å². The third kappa shape index (κ3) is 4.58. The Bertz CT molecular complexity index is 1810. The number of methoxy groups -OCH3 is 1. The summed E-state index contributed by atoms with van der Waals surface area (Å²) >= 11 is 0. The van der Waals surface area contributed by atoms with Crippen molar-refractivity contribution in [3.63, 3.8) is 0 Å². The quantitative estimate of drug-likeness (QED) is 0.219. The van der Waals surface area contributed by atoms with Crippen molar-refractivity contribution in [2.24, 2.45) is 0 Å². The van der Waals surface area contributed by atoms with Crippen molar-refractivity contribution in [2.75, 3.05) is 7.11 Å². The van der Waals surface area contributed by atoms with Crippen molar-refractivity contribution in [3.05, 3.63) is 106 Å². The largest absolute Gasteiger partial charge is 0.507 e. The first kappa shape index (κ1) is 25.0. The van der Waals surface area contributed by atoms with Gasteiger partial charge in [0.15, 0.2) is 16.9 Å². The van der Waals surface area contributed by atoms with Gasteiger partial charge in [0.1, 0.15) is 40.6 Å². The van der Waals surface area contributed by atoms with Crippen LogP contribution in [0.3, 0.4) is 0 Å². The normalized spacial score (nSPS) is 14.4. The molecule has 9 nitrogen and oxygen atoms in total. The molecular weight excluding hydrogens is 514 g/mol. The fourth-order valence-corrected chi connectivity index (χ4v) is 4.89. The summed E-state index contributed by atoms with van der Waals surface area (Å²) < 4.78 is 22.8. The van der Waals surface area contributed by atoms with Crippen LogP contribution in [0.4, 0.5) is 0 Å². The van der Waals surface area contributed by atoms with E-state index in [0.717, 1.165) is 11.3 Å². The average Bonchev–Trinajstić information content (AvgIpc) is 2.96. The Morgan fingerprint density at radius 2 is 1.85 bits per heavy atom. The van der Waals surface area contributed by atoms with Crippen LogP contribution in [0.15, 0.2) is 88.2 Å². The van der Waals surface area contributed by atoms with Gasteiger partial charge >= 0.3 is 5.97 Å². The summed E-state index contributed by atoms with van der Waals surface area (Å²) in [6, 6.07) is 20.0. The number of rotatable bonds is 6. The van der Waals surface area contributed by atoms with Gasteiger partial charge in [-0.25, -0.2) is 0 Å². The molecule has 2 N–H and O–H groups in total. The van der Waals surface area contributed by atoms with Gasteiger partial charge in [-0.15, -0.1) is 0 Å². The lowest BCUT2D eigenvalue weighted by molar-refractivity contribution is -0.135. The monoisotopic (exact) mass is 537 g/mol. The number of carbonyl (C=O) groups excluding carboxylic acids is 1. The van der Waals surface area contributed by atoms with Crippen LogP contribution in [0, 0.1) is 0 Å². The number of aromatic nitrogens is 1. The van der Waals surface area contributed by atoms with E-state index >= 15 is 0 Å². The second-order valence-corrected chi connectivity index (χ2v) is 9.29. The number of hydrogen-bond donors (Lipinski definition) is 2. The van der Waals surface area contributed by atoms with Gasteiger partial charge in [-0.05, 0) is 48.0 Å². The van der Waals surface area contributed by atoms with Gasteiger partial charge in [0.05, 0.1) is 19.2 Å². The second kappa shape index (κ2) is 10.1. The van der Waals surface area contributed by atoms with Gasteiger partial charge in [0.2, 0.25) is 0 Å². The lowest BCUT2D eigenvalue weighted by atomic mass is 9.85. The minimum Gasteiger partial charge on any atom is -0.507 e. The van der Waals surface area contributed by atoms with E-state index in [1.54, 1.807) is 24.4 Å². The maximum Gasteiger partial charge on any atom is 0.312 e. The van der Waals surface area contributed by atoms with Crippen LogP contribution in [-0.4, -0.2) is 28.3 Å². The lowest BCUT2D eigenvalue weighted by Crippen LogP contribution is -2.22. The molecule has 0 bridgehead atoms. The van der Waals surface area contributed by atoms with Crippen molar-refractivity contribution in [2.45, 2.75) is 18.9 Å². The Hall–Kier alpha value is -5.31. The molecule has 0 spiro atoms. The summed E-state index contributed by atoms with van der Waals surface area (Å²) in [5, 5.41) is 21.0.